The average molecular weight is 141 g/mol. The molecule has 1 atom stereocenters. The molecular weight excluding hydrogens is 126 g/mol. The largest absolute Gasteiger partial charge is 0.330 e. The summed E-state index contributed by atoms with van der Waals surface area (Å²) in [5, 5.41) is 0. The molecule has 2 N–H and O–H groups in total. The molecule has 0 bridgehead atoms. The predicted octanol–water partition coefficient (Wildman–Crippen LogP) is 1.12. The van der Waals surface area contributed by atoms with Gasteiger partial charge in [0, 0.05) is 6.42 Å². The minimum atomic E-state index is 0.0947. The number of rotatable bonds is 5. The van der Waals surface area contributed by atoms with E-state index in [1.54, 1.807) is 0 Å². The van der Waals surface area contributed by atoms with Gasteiger partial charge in [0.15, 0.2) is 5.78 Å². The lowest BCUT2D eigenvalue weighted by Gasteiger charge is -2.07. The molecule has 1 unspecified atom stereocenters. The Morgan fingerprint density at radius 2 is 2.40 bits per heavy atom. The molecule has 0 spiro atoms. The van der Waals surface area contributed by atoms with E-state index in [1.807, 2.05) is 6.92 Å². The van der Waals surface area contributed by atoms with Gasteiger partial charge in [-0.15, -0.1) is 0 Å². The van der Waals surface area contributed by atoms with Crippen molar-refractivity contribution in [3.05, 3.63) is 12.7 Å². The smallest absolute Gasteiger partial charge is 0.155 e. The zero-order valence-corrected chi connectivity index (χ0v) is 6.47. The topological polar surface area (TPSA) is 43.1 Å². The van der Waals surface area contributed by atoms with Crippen LogP contribution in [0.4, 0.5) is 0 Å². The number of hydrogen-bond acceptors (Lipinski definition) is 2. The monoisotopic (exact) mass is 141 g/mol. The third kappa shape index (κ3) is 3.41. The number of carbonyl (C=O) groups excluding carboxylic acids is 1. The Labute approximate surface area is 62.1 Å². The van der Waals surface area contributed by atoms with Gasteiger partial charge in [0.2, 0.25) is 0 Å². The van der Waals surface area contributed by atoms with Crippen molar-refractivity contribution in [2.24, 2.45) is 11.7 Å². The SMILES string of the molecule is C=CC(=O)CC(CC)CN. The van der Waals surface area contributed by atoms with Gasteiger partial charge in [-0.2, -0.15) is 0 Å². The van der Waals surface area contributed by atoms with Crippen molar-refractivity contribution in [2.75, 3.05) is 6.54 Å². The minimum Gasteiger partial charge on any atom is -0.330 e. The molecular formula is C8H15NO. The summed E-state index contributed by atoms with van der Waals surface area (Å²) < 4.78 is 0. The Hall–Kier alpha value is -0.630. The summed E-state index contributed by atoms with van der Waals surface area (Å²) in [6.45, 7) is 6.02. The van der Waals surface area contributed by atoms with Crippen molar-refractivity contribution in [3.63, 3.8) is 0 Å². The second kappa shape index (κ2) is 5.18. The molecule has 0 fully saturated rings. The van der Waals surface area contributed by atoms with Crippen LogP contribution in [0.2, 0.25) is 0 Å². The number of allylic oxidation sites excluding steroid dienone is 1. The minimum absolute atomic E-state index is 0.0947. The van der Waals surface area contributed by atoms with Crippen LogP contribution in [0.3, 0.4) is 0 Å². The average Bonchev–Trinajstić information content (AvgIpc) is 1.99. The third-order valence-corrected chi connectivity index (χ3v) is 1.63. The van der Waals surface area contributed by atoms with Crippen molar-refractivity contribution in [2.45, 2.75) is 19.8 Å². The highest BCUT2D eigenvalue weighted by atomic mass is 16.1. The van der Waals surface area contributed by atoms with Gasteiger partial charge < -0.3 is 5.73 Å². The fourth-order valence-electron chi connectivity index (χ4n) is 0.762. The molecule has 10 heavy (non-hydrogen) atoms. The zero-order valence-electron chi connectivity index (χ0n) is 6.47. The van der Waals surface area contributed by atoms with Crippen LogP contribution in [-0.2, 0) is 4.79 Å². The van der Waals surface area contributed by atoms with Gasteiger partial charge in [-0.1, -0.05) is 19.9 Å². The molecule has 0 aliphatic rings. The molecule has 58 valence electrons. The van der Waals surface area contributed by atoms with Gasteiger partial charge in [-0.25, -0.2) is 0 Å². The Kier molecular flexibility index (Phi) is 4.85. The first kappa shape index (κ1) is 9.37. The maximum atomic E-state index is 10.8. The summed E-state index contributed by atoms with van der Waals surface area (Å²) in [6.07, 6.45) is 2.88. The molecule has 0 rings (SSSR count). The van der Waals surface area contributed by atoms with Crippen molar-refractivity contribution in [1.82, 2.24) is 0 Å². The van der Waals surface area contributed by atoms with Crippen LogP contribution in [0, 0.1) is 5.92 Å². The second-order valence-electron chi connectivity index (χ2n) is 2.38. The number of nitrogens with two attached hydrogens (primary N) is 1. The van der Waals surface area contributed by atoms with Crippen LogP contribution in [0.25, 0.3) is 0 Å². The first-order chi connectivity index (χ1) is 4.74. The third-order valence-electron chi connectivity index (χ3n) is 1.63. The van der Waals surface area contributed by atoms with E-state index in [4.69, 9.17) is 5.73 Å². The van der Waals surface area contributed by atoms with E-state index in [9.17, 15) is 4.79 Å². The maximum Gasteiger partial charge on any atom is 0.155 e. The normalized spacial score (nSPS) is 12.6. The quantitative estimate of drug-likeness (QED) is 0.583. The van der Waals surface area contributed by atoms with Crippen molar-refractivity contribution < 1.29 is 4.79 Å². The van der Waals surface area contributed by atoms with Gasteiger partial charge in [0.25, 0.3) is 0 Å². The number of carbonyl (C=O) groups is 1. The molecule has 0 amide bonds. The number of ketones is 1. The van der Waals surface area contributed by atoms with Gasteiger partial charge in [-0.05, 0) is 18.5 Å². The maximum absolute atomic E-state index is 10.8. The number of hydrogen-bond donors (Lipinski definition) is 1. The van der Waals surface area contributed by atoms with E-state index in [2.05, 4.69) is 6.58 Å². The van der Waals surface area contributed by atoms with Crippen LogP contribution in [0.5, 0.6) is 0 Å². The molecule has 0 saturated carbocycles. The molecule has 2 nitrogen and oxygen atoms in total. The van der Waals surface area contributed by atoms with Gasteiger partial charge >= 0.3 is 0 Å². The van der Waals surface area contributed by atoms with E-state index in [1.165, 1.54) is 6.08 Å². The molecule has 0 heterocycles. The lowest BCUT2D eigenvalue weighted by atomic mass is 10.0. The molecule has 0 aromatic carbocycles. The lowest BCUT2D eigenvalue weighted by molar-refractivity contribution is -0.115. The van der Waals surface area contributed by atoms with Crippen molar-refractivity contribution >= 4 is 5.78 Å². The standard InChI is InChI=1S/C8H15NO/c1-3-7(6-9)5-8(10)4-2/h4,7H,2-3,5-6,9H2,1H3. The van der Waals surface area contributed by atoms with Crippen LogP contribution in [0.1, 0.15) is 19.8 Å². The van der Waals surface area contributed by atoms with Gasteiger partial charge in [-0.3, -0.25) is 4.79 Å². The van der Waals surface area contributed by atoms with Crippen molar-refractivity contribution in [1.29, 1.82) is 0 Å². The molecule has 0 aliphatic carbocycles. The molecule has 0 aliphatic heterocycles. The van der Waals surface area contributed by atoms with E-state index >= 15 is 0 Å². The van der Waals surface area contributed by atoms with E-state index in [-0.39, 0.29) is 5.78 Å². The second-order valence-corrected chi connectivity index (χ2v) is 2.38. The lowest BCUT2D eigenvalue weighted by Crippen LogP contribution is -2.16. The predicted molar refractivity (Wildman–Crippen MR) is 42.7 cm³/mol. The van der Waals surface area contributed by atoms with Crippen LogP contribution in [-0.4, -0.2) is 12.3 Å². The first-order valence-corrected chi connectivity index (χ1v) is 3.59. The molecule has 0 aromatic rings. The summed E-state index contributed by atoms with van der Waals surface area (Å²) in [6, 6.07) is 0. The summed E-state index contributed by atoms with van der Waals surface area (Å²) in [5.74, 6) is 0.433. The Morgan fingerprint density at radius 3 is 2.70 bits per heavy atom. The highest BCUT2D eigenvalue weighted by Crippen LogP contribution is 2.06. The van der Waals surface area contributed by atoms with Crippen LogP contribution >= 0.6 is 0 Å². The fraction of sp³-hybridized carbons (Fsp3) is 0.625. The Morgan fingerprint density at radius 1 is 1.80 bits per heavy atom. The van der Waals surface area contributed by atoms with Crippen molar-refractivity contribution in [3.8, 4) is 0 Å². The highest BCUT2D eigenvalue weighted by Gasteiger charge is 2.06. The van der Waals surface area contributed by atoms with E-state index < -0.39 is 0 Å². The van der Waals surface area contributed by atoms with Gasteiger partial charge in [0.05, 0.1) is 0 Å². The summed E-state index contributed by atoms with van der Waals surface area (Å²) >= 11 is 0. The summed E-state index contributed by atoms with van der Waals surface area (Å²) in [4.78, 5) is 10.8. The van der Waals surface area contributed by atoms with Crippen LogP contribution < -0.4 is 5.73 Å². The molecule has 2 heteroatoms. The summed E-state index contributed by atoms with van der Waals surface area (Å²) in [7, 11) is 0. The van der Waals surface area contributed by atoms with E-state index in [0.29, 0.717) is 18.9 Å². The van der Waals surface area contributed by atoms with Crippen LogP contribution in [0.15, 0.2) is 12.7 Å². The highest BCUT2D eigenvalue weighted by molar-refractivity contribution is 5.89. The molecule has 0 aromatic heterocycles. The van der Waals surface area contributed by atoms with E-state index in [0.717, 1.165) is 6.42 Å². The first-order valence-electron chi connectivity index (χ1n) is 3.59. The fourth-order valence-corrected chi connectivity index (χ4v) is 0.762. The Bertz CT molecular complexity index is 116. The summed E-state index contributed by atoms with van der Waals surface area (Å²) in [5.41, 5.74) is 5.40. The molecule has 0 saturated heterocycles. The Balaban J connectivity index is 3.62. The zero-order chi connectivity index (χ0) is 7.98. The van der Waals surface area contributed by atoms with Gasteiger partial charge in [0.1, 0.15) is 0 Å². The molecule has 0 radical (unpaired) electrons.